The molecule has 0 heterocycles. The summed E-state index contributed by atoms with van der Waals surface area (Å²) < 4.78 is 25.7. The van der Waals surface area contributed by atoms with Crippen molar-refractivity contribution in [3.63, 3.8) is 0 Å². The van der Waals surface area contributed by atoms with E-state index in [0.29, 0.717) is 11.4 Å². The highest BCUT2D eigenvalue weighted by molar-refractivity contribution is 7.86. The van der Waals surface area contributed by atoms with Crippen LogP contribution < -0.4 is 15.5 Å². The second-order valence-electron chi connectivity index (χ2n) is 8.85. The molecular weight excluding hydrogens is 469 g/mol. The molecule has 9 heteroatoms. The quantitative estimate of drug-likeness (QED) is 0.548. The third-order valence-electron chi connectivity index (χ3n) is 6.07. The Morgan fingerprint density at radius 1 is 1.03 bits per heavy atom. The molecule has 2 atom stereocenters. The zero-order valence-corrected chi connectivity index (χ0v) is 20.9. The summed E-state index contributed by atoms with van der Waals surface area (Å²) in [5, 5.41) is 5.60. The van der Waals surface area contributed by atoms with Crippen molar-refractivity contribution in [3.8, 4) is 0 Å². The van der Waals surface area contributed by atoms with Gasteiger partial charge in [-0.1, -0.05) is 37.5 Å². The second-order valence-corrected chi connectivity index (χ2v) is 10.3. The Balaban J connectivity index is 1.68. The summed E-state index contributed by atoms with van der Waals surface area (Å²) in [7, 11) is -1.80. The fourth-order valence-corrected chi connectivity index (χ4v) is 5.09. The summed E-state index contributed by atoms with van der Waals surface area (Å²) in [6.07, 6.45) is 5.14. The molecule has 1 aliphatic carbocycles. The zero-order valence-electron chi connectivity index (χ0n) is 20.1. The lowest BCUT2D eigenvalue weighted by atomic mass is 9.95. The van der Waals surface area contributed by atoms with E-state index < -0.39 is 46.0 Å². The van der Waals surface area contributed by atoms with Crippen LogP contribution in [0.4, 0.5) is 15.8 Å². The smallest absolute Gasteiger partial charge is 0.243 e. The number of hydrogen-bond donors (Lipinski definition) is 2. The van der Waals surface area contributed by atoms with Crippen molar-refractivity contribution in [1.82, 2.24) is 5.32 Å². The number of anilines is 2. The SMILES string of the molecule is Cc1ccccc1N(C(=O)CS(=O)CC(=O)Nc1ccc(F)cc1)C(C)C(=O)NC1CCCCC1. The molecular formula is C26H32FN3O4S. The molecule has 2 aromatic carbocycles. The number of rotatable bonds is 9. The van der Waals surface area contributed by atoms with E-state index in [9.17, 15) is 23.0 Å². The molecule has 35 heavy (non-hydrogen) atoms. The molecule has 1 aliphatic rings. The molecule has 3 rings (SSSR count). The minimum absolute atomic E-state index is 0.0943. The van der Waals surface area contributed by atoms with Crippen LogP contribution in [0, 0.1) is 12.7 Å². The summed E-state index contributed by atoms with van der Waals surface area (Å²) in [6, 6.07) is 11.7. The van der Waals surface area contributed by atoms with Crippen molar-refractivity contribution in [2.45, 2.75) is 58.0 Å². The number of nitrogens with zero attached hydrogens (tertiary/aromatic N) is 1. The van der Waals surface area contributed by atoms with Gasteiger partial charge in [0, 0.05) is 28.2 Å². The molecule has 0 aromatic heterocycles. The van der Waals surface area contributed by atoms with Crippen LogP contribution in [0.25, 0.3) is 0 Å². The molecule has 2 aromatic rings. The van der Waals surface area contributed by atoms with Crippen LogP contribution in [-0.4, -0.2) is 45.5 Å². The number of carbonyl (C=O) groups is 3. The van der Waals surface area contributed by atoms with Gasteiger partial charge in [-0.05, 0) is 62.6 Å². The molecule has 2 N–H and O–H groups in total. The average molecular weight is 502 g/mol. The molecule has 0 radical (unpaired) electrons. The molecule has 0 spiro atoms. The Hall–Kier alpha value is -3.07. The van der Waals surface area contributed by atoms with Crippen LogP contribution in [0.2, 0.25) is 0 Å². The number of aryl methyl sites for hydroxylation is 1. The maximum absolute atomic E-state index is 13.3. The predicted molar refractivity (Wildman–Crippen MR) is 136 cm³/mol. The number of nitrogens with one attached hydrogen (secondary N) is 2. The fraction of sp³-hybridized carbons (Fsp3) is 0.423. The lowest BCUT2D eigenvalue weighted by Gasteiger charge is -2.32. The number of benzene rings is 2. The topological polar surface area (TPSA) is 95.6 Å². The lowest BCUT2D eigenvalue weighted by Crippen LogP contribution is -2.52. The van der Waals surface area contributed by atoms with Gasteiger partial charge in [-0.3, -0.25) is 23.5 Å². The van der Waals surface area contributed by atoms with Gasteiger partial charge >= 0.3 is 0 Å². The molecule has 0 saturated heterocycles. The van der Waals surface area contributed by atoms with E-state index in [0.717, 1.165) is 37.7 Å². The Morgan fingerprint density at radius 3 is 2.34 bits per heavy atom. The minimum atomic E-state index is -1.80. The standard InChI is InChI=1S/C26H32FN3O4S/c1-18-8-6-7-11-23(18)30(19(2)26(33)29-21-9-4-3-5-10-21)25(32)17-35(34)16-24(31)28-22-14-12-20(27)13-15-22/h6-8,11-15,19,21H,3-5,9-10,16-17H2,1-2H3,(H,28,31)(H,29,33). The van der Waals surface area contributed by atoms with Gasteiger partial charge in [0.2, 0.25) is 17.7 Å². The first kappa shape index (κ1) is 26.5. The molecule has 0 aliphatic heterocycles. The van der Waals surface area contributed by atoms with Crippen LogP contribution in [0.3, 0.4) is 0 Å². The lowest BCUT2D eigenvalue weighted by molar-refractivity contribution is -0.126. The van der Waals surface area contributed by atoms with Crippen molar-refractivity contribution >= 4 is 39.9 Å². The van der Waals surface area contributed by atoms with Gasteiger partial charge in [-0.15, -0.1) is 0 Å². The van der Waals surface area contributed by atoms with Gasteiger partial charge < -0.3 is 10.6 Å². The van der Waals surface area contributed by atoms with E-state index in [-0.39, 0.29) is 11.9 Å². The van der Waals surface area contributed by atoms with Crippen molar-refractivity contribution < 1.29 is 23.0 Å². The van der Waals surface area contributed by atoms with E-state index in [1.165, 1.54) is 29.2 Å². The highest BCUT2D eigenvalue weighted by Crippen LogP contribution is 2.23. The normalized spacial score (nSPS) is 15.6. The summed E-state index contributed by atoms with van der Waals surface area (Å²) in [6.45, 7) is 3.50. The van der Waals surface area contributed by atoms with E-state index in [2.05, 4.69) is 10.6 Å². The first-order chi connectivity index (χ1) is 16.7. The number of halogens is 1. The number of amides is 3. The van der Waals surface area contributed by atoms with Gasteiger partial charge in [-0.2, -0.15) is 0 Å². The van der Waals surface area contributed by atoms with Crippen molar-refractivity contribution in [3.05, 3.63) is 59.9 Å². The average Bonchev–Trinajstić information content (AvgIpc) is 2.82. The summed E-state index contributed by atoms with van der Waals surface area (Å²) >= 11 is 0. The molecule has 3 amide bonds. The Bertz CT molecular complexity index is 1070. The van der Waals surface area contributed by atoms with E-state index in [4.69, 9.17) is 0 Å². The van der Waals surface area contributed by atoms with Gasteiger partial charge in [-0.25, -0.2) is 4.39 Å². The van der Waals surface area contributed by atoms with E-state index >= 15 is 0 Å². The Labute approximate surface area is 207 Å². The van der Waals surface area contributed by atoms with Crippen molar-refractivity contribution in [2.75, 3.05) is 21.7 Å². The first-order valence-electron chi connectivity index (χ1n) is 11.8. The largest absolute Gasteiger partial charge is 0.352 e. The molecule has 1 fully saturated rings. The van der Waals surface area contributed by atoms with Crippen LogP contribution in [0.1, 0.15) is 44.6 Å². The van der Waals surface area contributed by atoms with E-state index in [1.54, 1.807) is 19.1 Å². The van der Waals surface area contributed by atoms with Gasteiger partial charge in [0.15, 0.2) is 0 Å². The molecule has 1 saturated carbocycles. The van der Waals surface area contributed by atoms with Gasteiger partial charge in [0.25, 0.3) is 0 Å². The molecule has 2 unspecified atom stereocenters. The van der Waals surface area contributed by atoms with Gasteiger partial charge in [0.1, 0.15) is 23.4 Å². The Kier molecular flexibility index (Phi) is 9.54. The van der Waals surface area contributed by atoms with Crippen LogP contribution in [0.5, 0.6) is 0 Å². The number of hydrogen-bond acceptors (Lipinski definition) is 4. The van der Waals surface area contributed by atoms with E-state index in [1.807, 2.05) is 19.1 Å². The molecule has 0 bridgehead atoms. The highest BCUT2D eigenvalue weighted by atomic mass is 32.2. The second kappa shape index (κ2) is 12.6. The molecule has 7 nitrogen and oxygen atoms in total. The molecule has 188 valence electrons. The van der Waals surface area contributed by atoms with Crippen LogP contribution in [-0.2, 0) is 25.2 Å². The van der Waals surface area contributed by atoms with Gasteiger partial charge in [0.05, 0.1) is 0 Å². The number of para-hydroxylation sites is 1. The zero-order chi connectivity index (χ0) is 25.4. The van der Waals surface area contributed by atoms with Crippen molar-refractivity contribution in [2.24, 2.45) is 0 Å². The summed E-state index contributed by atoms with van der Waals surface area (Å²) in [5.74, 6) is -2.55. The fourth-order valence-electron chi connectivity index (χ4n) is 4.21. The predicted octanol–water partition coefficient (Wildman–Crippen LogP) is 3.69. The van der Waals surface area contributed by atoms with Crippen LogP contribution >= 0.6 is 0 Å². The number of carbonyl (C=O) groups excluding carboxylic acids is 3. The van der Waals surface area contributed by atoms with Crippen molar-refractivity contribution in [1.29, 1.82) is 0 Å². The summed E-state index contributed by atoms with van der Waals surface area (Å²) in [4.78, 5) is 40.0. The Morgan fingerprint density at radius 2 is 1.69 bits per heavy atom. The summed E-state index contributed by atoms with van der Waals surface area (Å²) in [5.41, 5.74) is 1.74. The highest BCUT2D eigenvalue weighted by Gasteiger charge is 2.31. The van der Waals surface area contributed by atoms with Crippen LogP contribution in [0.15, 0.2) is 48.5 Å². The monoisotopic (exact) mass is 501 g/mol. The maximum Gasteiger partial charge on any atom is 0.243 e. The minimum Gasteiger partial charge on any atom is -0.352 e. The maximum atomic E-state index is 13.3. The third-order valence-corrected chi connectivity index (χ3v) is 7.22. The third kappa shape index (κ3) is 7.71. The first-order valence-corrected chi connectivity index (χ1v) is 13.3.